The minimum atomic E-state index is -0.785. The first-order chi connectivity index (χ1) is 12.1. The SMILES string of the molecule is O=C(O)C1CCCN(C(=O)CN2CCN(Cc3ccccc3)CC2)C1. The topological polar surface area (TPSA) is 64.1 Å². The van der Waals surface area contributed by atoms with Crippen molar-refractivity contribution in [2.24, 2.45) is 5.92 Å². The van der Waals surface area contributed by atoms with Crippen molar-refractivity contribution in [1.82, 2.24) is 14.7 Å². The molecule has 0 bridgehead atoms. The molecular weight excluding hydrogens is 318 g/mol. The van der Waals surface area contributed by atoms with E-state index in [1.165, 1.54) is 5.56 Å². The molecule has 1 amide bonds. The van der Waals surface area contributed by atoms with Crippen molar-refractivity contribution in [3.05, 3.63) is 35.9 Å². The van der Waals surface area contributed by atoms with Crippen molar-refractivity contribution >= 4 is 11.9 Å². The summed E-state index contributed by atoms with van der Waals surface area (Å²) in [6.45, 7) is 6.10. The van der Waals surface area contributed by atoms with Crippen LogP contribution in [-0.2, 0) is 16.1 Å². The summed E-state index contributed by atoms with van der Waals surface area (Å²) in [5.41, 5.74) is 1.32. The molecule has 6 heteroatoms. The maximum Gasteiger partial charge on any atom is 0.308 e. The van der Waals surface area contributed by atoms with E-state index in [1.807, 2.05) is 6.07 Å². The molecule has 1 N–H and O–H groups in total. The summed E-state index contributed by atoms with van der Waals surface area (Å²) in [6, 6.07) is 10.4. The Morgan fingerprint density at radius 2 is 1.68 bits per heavy atom. The lowest BCUT2D eigenvalue weighted by Gasteiger charge is -2.36. The van der Waals surface area contributed by atoms with Gasteiger partial charge < -0.3 is 10.0 Å². The summed E-state index contributed by atoms with van der Waals surface area (Å²) in [4.78, 5) is 30.0. The van der Waals surface area contributed by atoms with E-state index in [9.17, 15) is 9.59 Å². The smallest absolute Gasteiger partial charge is 0.308 e. The zero-order valence-electron chi connectivity index (χ0n) is 14.6. The lowest BCUT2D eigenvalue weighted by Crippen LogP contribution is -2.51. The van der Waals surface area contributed by atoms with Gasteiger partial charge in [0.15, 0.2) is 0 Å². The van der Waals surface area contributed by atoms with E-state index in [0.717, 1.165) is 39.1 Å². The van der Waals surface area contributed by atoms with Crippen molar-refractivity contribution in [1.29, 1.82) is 0 Å². The Kier molecular flexibility index (Phi) is 6.04. The summed E-state index contributed by atoms with van der Waals surface area (Å²) in [5, 5.41) is 9.16. The highest BCUT2D eigenvalue weighted by molar-refractivity contribution is 5.79. The molecule has 0 saturated carbocycles. The molecule has 1 aromatic rings. The Balaban J connectivity index is 1.42. The zero-order chi connectivity index (χ0) is 17.6. The van der Waals surface area contributed by atoms with Crippen molar-refractivity contribution in [3.8, 4) is 0 Å². The number of carboxylic acid groups (broad SMARTS) is 1. The van der Waals surface area contributed by atoms with Gasteiger partial charge in [-0.1, -0.05) is 30.3 Å². The van der Waals surface area contributed by atoms with E-state index in [0.29, 0.717) is 26.1 Å². The highest BCUT2D eigenvalue weighted by Crippen LogP contribution is 2.17. The van der Waals surface area contributed by atoms with E-state index in [1.54, 1.807) is 4.90 Å². The van der Waals surface area contributed by atoms with E-state index in [2.05, 4.69) is 34.1 Å². The predicted octanol–water partition coefficient (Wildman–Crippen LogP) is 1.13. The quantitative estimate of drug-likeness (QED) is 0.867. The number of carbonyl (C=O) groups excluding carboxylic acids is 1. The lowest BCUT2D eigenvalue weighted by molar-refractivity contribution is -0.146. The molecular formula is C19H27N3O3. The first-order valence-corrected chi connectivity index (χ1v) is 9.11. The van der Waals surface area contributed by atoms with Crippen LogP contribution in [0, 0.1) is 5.92 Å². The monoisotopic (exact) mass is 345 g/mol. The molecule has 1 unspecified atom stereocenters. The molecule has 2 fully saturated rings. The number of aliphatic carboxylic acids is 1. The van der Waals surface area contributed by atoms with Gasteiger partial charge in [0, 0.05) is 45.8 Å². The Hall–Kier alpha value is -1.92. The molecule has 1 aromatic carbocycles. The Morgan fingerprint density at radius 3 is 2.36 bits per heavy atom. The Labute approximate surface area is 149 Å². The van der Waals surface area contributed by atoms with Crippen LogP contribution < -0.4 is 0 Å². The molecule has 1 atom stereocenters. The summed E-state index contributed by atoms with van der Waals surface area (Å²) < 4.78 is 0. The fourth-order valence-electron chi connectivity index (χ4n) is 3.64. The second-order valence-corrected chi connectivity index (χ2v) is 7.06. The fourth-order valence-corrected chi connectivity index (χ4v) is 3.64. The second kappa shape index (κ2) is 8.45. The predicted molar refractivity (Wildman–Crippen MR) is 95.1 cm³/mol. The summed E-state index contributed by atoms with van der Waals surface area (Å²) in [6.07, 6.45) is 1.46. The van der Waals surface area contributed by atoms with Crippen LogP contribution in [0.15, 0.2) is 30.3 Å². The number of rotatable bonds is 5. The van der Waals surface area contributed by atoms with Crippen LogP contribution in [-0.4, -0.2) is 77.5 Å². The molecule has 0 spiro atoms. The van der Waals surface area contributed by atoms with Crippen molar-refractivity contribution in [2.45, 2.75) is 19.4 Å². The molecule has 3 rings (SSSR count). The van der Waals surface area contributed by atoms with Gasteiger partial charge >= 0.3 is 5.97 Å². The van der Waals surface area contributed by atoms with Gasteiger partial charge in [-0.2, -0.15) is 0 Å². The highest BCUT2D eigenvalue weighted by Gasteiger charge is 2.29. The van der Waals surface area contributed by atoms with Gasteiger partial charge in [-0.15, -0.1) is 0 Å². The highest BCUT2D eigenvalue weighted by atomic mass is 16.4. The van der Waals surface area contributed by atoms with E-state index in [4.69, 9.17) is 5.11 Å². The maximum absolute atomic E-state index is 12.5. The number of carboxylic acids is 1. The van der Waals surface area contributed by atoms with Crippen LogP contribution in [0.25, 0.3) is 0 Å². The number of likely N-dealkylation sites (tertiary alicyclic amines) is 1. The zero-order valence-corrected chi connectivity index (χ0v) is 14.6. The summed E-state index contributed by atoms with van der Waals surface area (Å²) in [5.74, 6) is -1.12. The van der Waals surface area contributed by atoms with Crippen LogP contribution in [0.5, 0.6) is 0 Å². The third-order valence-corrected chi connectivity index (χ3v) is 5.20. The van der Waals surface area contributed by atoms with Gasteiger partial charge in [0.1, 0.15) is 0 Å². The van der Waals surface area contributed by atoms with E-state index in [-0.39, 0.29) is 5.91 Å². The maximum atomic E-state index is 12.5. The number of benzene rings is 1. The van der Waals surface area contributed by atoms with Gasteiger partial charge in [0.2, 0.25) is 5.91 Å². The largest absolute Gasteiger partial charge is 0.481 e. The van der Waals surface area contributed by atoms with Gasteiger partial charge in [0.05, 0.1) is 12.5 Å². The average molecular weight is 345 g/mol. The number of hydrogen-bond acceptors (Lipinski definition) is 4. The van der Waals surface area contributed by atoms with Crippen molar-refractivity contribution in [3.63, 3.8) is 0 Å². The number of hydrogen-bond donors (Lipinski definition) is 1. The third kappa shape index (κ3) is 5.03. The van der Waals surface area contributed by atoms with E-state index >= 15 is 0 Å². The van der Waals surface area contributed by atoms with Crippen LogP contribution in [0.2, 0.25) is 0 Å². The molecule has 0 aromatic heterocycles. The van der Waals surface area contributed by atoms with Gasteiger partial charge in [0.25, 0.3) is 0 Å². The molecule has 2 aliphatic heterocycles. The molecule has 0 radical (unpaired) electrons. The van der Waals surface area contributed by atoms with Crippen LogP contribution >= 0.6 is 0 Å². The number of amides is 1. The third-order valence-electron chi connectivity index (χ3n) is 5.20. The van der Waals surface area contributed by atoms with Crippen molar-refractivity contribution < 1.29 is 14.7 Å². The van der Waals surface area contributed by atoms with Gasteiger partial charge in [-0.25, -0.2) is 0 Å². The minimum Gasteiger partial charge on any atom is -0.481 e. The molecule has 6 nitrogen and oxygen atoms in total. The fraction of sp³-hybridized carbons (Fsp3) is 0.579. The molecule has 0 aliphatic carbocycles. The number of carbonyl (C=O) groups is 2. The Morgan fingerprint density at radius 1 is 1.00 bits per heavy atom. The first-order valence-electron chi connectivity index (χ1n) is 9.11. The number of piperazine rings is 1. The number of piperidine rings is 1. The molecule has 2 aliphatic rings. The van der Waals surface area contributed by atoms with Crippen LogP contribution in [0.3, 0.4) is 0 Å². The standard InChI is InChI=1S/C19H27N3O3/c23-18(22-8-4-7-17(14-22)19(24)25)15-21-11-9-20(10-12-21)13-16-5-2-1-3-6-16/h1-3,5-6,17H,4,7-15H2,(H,24,25). The molecule has 2 saturated heterocycles. The molecule has 136 valence electrons. The van der Waals surface area contributed by atoms with Crippen molar-refractivity contribution in [2.75, 3.05) is 45.8 Å². The van der Waals surface area contributed by atoms with E-state index < -0.39 is 11.9 Å². The van der Waals surface area contributed by atoms with Gasteiger partial charge in [-0.3, -0.25) is 19.4 Å². The Bertz CT molecular complexity index is 585. The summed E-state index contributed by atoms with van der Waals surface area (Å²) >= 11 is 0. The van der Waals surface area contributed by atoms with Crippen LogP contribution in [0.4, 0.5) is 0 Å². The summed E-state index contributed by atoms with van der Waals surface area (Å²) in [7, 11) is 0. The molecule has 25 heavy (non-hydrogen) atoms. The second-order valence-electron chi connectivity index (χ2n) is 7.06. The molecule has 2 heterocycles. The minimum absolute atomic E-state index is 0.0717. The first kappa shape index (κ1) is 17.9. The lowest BCUT2D eigenvalue weighted by atomic mass is 9.98. The van der Waals surface area contributed by atoms with Crippen LogP contribution in [0.1, 0.15) is 18.4 Å². The normalized spacial score (nSPS) is 22.7. The van der Waals surface area contributed by atoms with Gasteiger partial charge in [-0.05, 0) is 18.4 Å². The number of nitrogens with zero attached hydrogens (tertiary/aromatic N) is 3. The average Bonchev–Trinajstić information content (AvgIpc) is 2.64.